The lowest BCUT2D eigenvalue weighted by atomic mass is 10.0. The van der Waals surface area contributed by atoms with Gasteiger partial charge in [-0.25, -0.2) is 0 Å². The van der Waals surface area contributed by atoms with Crippen LogP contribution in [0.25, 0.3) is 0 Å². The van der Waals surface area contributed by atoms with Gasteiger partial charge in [-0.05, 0) is 39.7 Å². The summed E-state index contributed by atoms with van der Waals surface area (Å²) in [6.45, 7) is 8.29. The molecule has 0 aromatic rings. The van der Waals surface area contributed by atoms with Crippen molar-refractivity contribution in [1.29, 1.82) is 0 Å². The average Bonchev–Trinajstić information content (AvgIpc) is 2.04. The van der Waals surface area contributed by atoms with Crippen LogP contribution in [0.3, 0.4) is 0 Å². The van der Waals surface area contributed by atoms with Gasteiger partial charge >= 0.3 is 0 Å². The maximum Gasteiger partial charge on any atom is 0.152 e. The predicted octanol–water partition coefficient (Wildman–Crippen LogP) is 2.01. The van der Waals surface area contributed by atoms with E-state index in [9.17, 15) is 4.79 Å². The molecule has 0 aliphatic carbocycles. The van der Waals surface area contributed by atoms with E-state index in [0.29, 0.717) is 6.04 Å². The molecule has 0 atom stereocenters. The first-order valence-electron chi connectivity index (χ1n) is 5.03. The Morgan fingerprint density at radius 3 is 2.31 bits per heavy atom. The van der Waals surface area contributed by atoms with E-state index in [4.69, 9.17) is 0 Å². The van der Waals surface area contributed by atoms with Crippen molar-refractivity contribution >= 4 is 5.78 Å². The number of rotatable bonds is 2. The summed E-state index contributed by atoms with van der Waals surface area (Å²) in [7, 11) is 0. The van der Waals surface area contributed by atoms with E-state index < -0.39 is 0 Å². The van der Waals surface area contributed by atoms with Gasteiger partial charge in [-0.1, -0.05) is 5.57 Å². The quantitative estimate of drug-likeness (QED) is 0.607. The third-order valence-electron chi connectivity index (χ3n) is 2.58. The Morgan fingerprint density at radius 2 is 1.92 bits per heavy atom. The Kier molecular flexibility index (Phi) is 3.67. The number of hydrogen-bond acceptors (Lipinski definition) is 2. The van der Waals surface area contributed by atoms with Gasteiger partial charge in [-0.15, -0.1) is 0 Å². The monoisotopic (exact) mass is 181 g/mol. The molecule has 74 valence electrons. The average molecular weight is 181 g/mol. The number of ketones is 1. The fourth-order valence-electron chi connectivity index (χ4n) is 1.76. The molecule has 0 aromatic heterocycles. The molecular formula is C11H19NO. The zero-order chi connectivity index (χ0) is 9.84. The minimum absolute atomic E-state index is 0.188. The first-order valence-corrected chi connectivity index (χ1v) is 5.03. The molecule has 0 saturated carbocycles. The highest BCUT2D eigenvalue weighted by Crippen LogP contribution is 2.17. The fraction of sp³-hybridized carbons (Fsp3) is 0.727. The Balaban J connectivity index is 2.43. The summed E-state index contributed by atoms with van der Waals surface area (Å²) in [6, 6.07) is 0.638. The molecule has 0 spiro atoms. The number of carbonyl (C=O) groups is 1. The van der Waals surface area contributed by atoms with Crippen LogP contribution in [-0.4, -0.2) is 29.8 Å². The van der Waals surface area contributed by atoms with E-state index in [2.05, 4.69) is 18.7 Å². The highest BCUT2D eigenvalue weighted by Gasteiger charge is 2.15. The van der Waals surface area contributed by atoms with Crippen LogP contribution in [-0.2, 0) is 4.79 Å². The van der Waals surface area contributed by atoms with Gasteiger partial charge in [0.15, 0.2) is 5.78 Å². The Hall–Kier alpha value is -0.630. The fourth-order valence-corrected chi connectivity index (χ4v) is 1.76. The molecule has 1 saturated heterocycles. The molecule has 1 fully saturated rings. The standard InChI is InChI=1S/C11H19NO/c1-9(2)12-6-4-11(5-7-12)8-10(3)13/h8-9H,4-7H2,1-3H3. The molecule has 0 radical (unpaired) electrons. The van der Waals surface area contributed by atoms with Crippen LogP contribution in [0.1, 0.15) is 33.6 Å². The number of piperidine rings is 1. The van der Waals surface area contributed by atoms with Gasteiger partial charge in [0.1, 0.15) is 0 Å². The summed E-state index contributed by atoms with van der Waals surface area (Å²) < 4.78 is 0. The molecule has 0 amide bonds. The zero-order valence-electron chi connectivity index (χ0n) is 8.84. The van der Waals surface area contributed by atoms with Crippen LogP contribution >= 0.6 is 0 Å². The number of likely N-dealkylation sites (tertiary alicyclic amines) is 1. The van der Waals surface area contributed by atoms with Crippen molar-refractivity contribution in [2.45, 2.75) is 39.7 Å². The first kappa shape index (κ1) is 10.5. The van der Waals surface area contributed by atoms with Crippen LogP contribution < -0.4 is 0 Å². The van der Waals surface area contributed by atoms with E-state index in [1.54, 1.807) is 13.0 Å². The van der Waals surface area contributed by atoms with Crippen LogP contribution in [0.2, 0.25) is 0 Å². The summed E-state index contributed by atoms with van der Waals surface area (Å²) in [5.74, 6) is 0.188. The van der Waals surface area contributed by atoms with Crippen LogP contribution in [0, 0.1) is 0 Å². The van der Waals surface area contributed by atoms with Gasteiger partial charge in [0.2, 0.25) is 0 Å². The third kappa shape index (κ3) is 3.31. The largest absolute Gasteiger partial charge is 0.300 e. The third-order valence-corrected chi connectivity index (χ3v) is 2.58. The van der Waals surface area contributed by atoms with Gasteiger partial charge < -0.3 is 4.90 Å². The molecule has 0 unspecified atom stereocenters. The highest BCUT2D eigenvalue weighted by atomic mass is 16.1. The first-order chi connectivity index (χ1) is 6.09. The molecule has 1 aliphatic heterocycles. The lowest BCUT2D eigenvalue weighted by Gasteiger charge is -2.31. The van der Waals surface area contributed by atoms with Crippen molar-refractivity contribution < 1.29 is 4.79 Å². The van der Waals surface area contributed by atoms with Gasteiger partial charge in [0, 0.05) is 19.1 Å². The Bertz CT molecular complexity index is 208. The molecule has 0 aromatic carbocycles. The summed E-state index contributed by atoms with van der Waals surface area (Å²) in [6.07, 6.45) is 3.94. The number of carbonyl (C=O) groups excluding carboxylic acids is 1. The Labute approximate surface area is 80.6 Å². The zero-order valence-corrected chi connectivity index (χ0v) is 8.84. The smallest absolute Gasteiger partial charge is 0.152 e. The van der Waals surface area contributed by atoms with E-state index in [0.717, 1.165) is 25.9 Å². The topological polar surface area (TPSA) is 20.3 Å². The van der Waals surface area contributed by atoms with Crippen LogP contribution in [0.5, 0.6) is 0 Å². The maximum atomic E-state index is 10.8. The van der Waals surface area contributed by atoms with E-state index in [1.807, 2.05) is 0 Å². The summed E-state index contributed by atoms with van der Waals surface area (Å²) in [5, 5.41) is 0. The lowest BCUT2D eigenvalue weighted by molar-refractivity contribution is -0.112. The molecule has 0 N–H and O–H groups in total. The van der Waals surface area contributed by atoms with E-state index in [-0.39, 0.29) is 5.78 Å². The Morgan fingerprint density at radius 1 is 1.38 bits per heavy atom. The van der Waals surface area contributed by atoms with E-state index in [1.165, 1.54) is 5.57 Å². The normalized spacial score (nSPS) is 19.2. The van der Waals surface area contributed by atoms with Gasteiger partial charge in [-0.3, -0.25) is 4.79 Å². The van der Waals surface area contributed by atoms with Crippen LogP contribution in [0.15, 0.2) is 11.6 Å². The minimum atomic E-state index is 0.188. The van der Waals surface area contributed by atoms with Gasteiger partial charge in [-0.2, -0.15) is 0 Å². The molecule has 1 heterocycles. The van der Waals surface area contributed by atoms with Crippen molar-refractivity contribution in [3.8, 4) is 0 Å². The molecule has 1 rings (SSSR count). The second-order valence-electron chi connectivity index (χ2n) is 4.04. The van der Waals surface area contributed by atoms with Crippen LogP contribution in [0.4, 0.5) is 0 Å². The number of allylic oxidation sites excluding steroid dienone is 1. The molecular weight excluding hydrogens is 162 g/mol. The second-order valence-corrected chi connectivity index (χ2v) is 4.04. The van der Waals surface area contributed by atoms with Crippen molar-refractivity contribution in [2.24, 2.45) is 0 Å². The minimum Gasteiger partial charge on any atom is -0.300 e. The molecule has 0 bridgehead atoms. The number of hydrogen-bond donors (Lipinski definition) is 0. The van der Waals surface area contributed by atoms with Crippen molar-refractivity contribution in [2.75, 3.05) is 13.1 Å². The highest BCUT2D eigenvalue weighted by molar-refractivity contribution is 5.87. The lowest BCUT2D eigenvalue weighted by Crippen LogP contribution is -2.36. The summed E-state index contributed by atoms with van der Waals surface area (Å²) >= 11 is 0. The van der Waals surface area contributed by atoms with Crippen molar-refractivity contribution in [1.82, 2.24) is 4.90 Å². The predicted molar refractivity (Wildman–Crippen MR) is 54.7 cm³/mol. The maximum absolute atomic E-state index is 10.8. The van der Waals surface area contributed by atoms with Crippen molar-refractivity contribution in [3.05, 3.63) is 11.6 Å². The SMILES string of the molecule is CC(=O)C=C1CCN(C(C)C)CC1. The van der Waals surface area contributed by atoms with Gasteiger partial charge in [0.05, 0.1) is 0 Å². The van der Waals surface area contributed by atoms with Crippen molar-refractivity contribution in [3.63, 3.8) is 0 Å². The molecule has 1 aliphatic rings. The molecule has 2 heteroatoms. The summed E-state index contributed by atoms with van der Waals surface area (Å²) in [4.78, 5) is 13.3. The van der Waals surface area contributed by atoms with Gasteiger partial charge in [0.25, 0.3) is 0 Å². The van der Waals surface area contributed by atoms with E-state index >= 15 is 0 Å². The second kappa shape index (κ2) is 4.56. The summed E-state index contributed by atoms with van der Waals surface area (Å²) in [5.41, 5.74) is 1.32. The molecule has 13 heavy (non-hydrogen) atoms. The number of nitrogens with zero attached hydrogens (tertiary/aromatic N) is 1. The molecule has 2 nitrogen and oxygen atoms in total.